The Hall–Kier alpha value is -4.18. The van der Waals surface area contributed by atoms with Crippen LogP contribution in [0.4, 0.5) is 0 Å². The average Bonchev–Trinajstić information content (AvgIpc) is 3.12. The van der Waals surface area contributed by atoms with Crippen LogP contribution >= 0.6 is 0 Å². The first-order valence-corrected chi connectivity index (χ1v) is 20.2. The lowest BCUT2D eigenvalue weighted by molar-refractivity contribution is -0.206. The topological polar surface area (TPSA) is 101 Å². The number of carbonyl (C=O) groups is 2. The lowest BCUT2D eigenvalue weighted by Gasteiger charge is -2.43. The molecule has 0 spiro atoms. The van der Waals surface area contributed by atoms with Crippen molar-refractivity contribution >= 4 is 30.6 Å². The van der Waals surface area contributed by atoms with E-state index in [0.29, 0.717) is 18.3 Å². The third-order valence-electron chi connectivity index (χ3n) is 10.3. The molecule has 0 radical (unpaired) electrons. The predicted octanol–water partition coefficient (Wildman–Crippen LogP) is 7.24. The van der Waals surface area contributed by atoms with Crippen LogP contribution in [0.1, 0.15) is 72.8 Å². The largest absolute Gasteiger partial charge is 0.486 e. The Kier molecular flexibility index (Phi) is 12.5. The average molecular weight is 727 g/mol. The Balaban J connectivity index is 1.43. The summed E-state index contributed by atoms with van der Waals surface area (Å²) in [6.45, 7) is 12.8. The molecule has 1 heterocycles. The van der Waals surface area contributed by atoms with E-state index in [9.17, 15) is 14.7 Å². The van der Waals surface area contributed by atoms with E-state index in [0.717, 1.165) is 24.8 Å². The van der Waals surface area contributed by atoms with E-state index in [-0.39, 0.29) is 41.2 Å². The van der Waals surface area contributed by atoms with Gasteiger partial charge in [0, 0.05) is 26.4 Å². The van der Waals surface area contributed by atoms with Gasteiger partial charge >= 0.3 is 11.9 Å². The van der Waals surface area contributed by atoms with Crippen molar-refractivity contribution in [3.05, 3.63) is 114 Å². The molecular weight excluding hydrogens is 673 g/mol. The minimum Gasteiger partial charge on any atom is -0.486 e. The summed E-state index contributed by atoms with van der Waals surface area (Å²) in [5.74, 6) is -0.956. The van der Waals surface area contributed by atoms with Crippen molar-refractivity contribution in [1.82, 2.24) is 0 Å². The van der Waals surface area contributed by atoms with Gasteiger partial charge in [-0.2, -0.15) is 0 Å². The second-order valence-electron chi connectivity index (χ2n) is 15.5. The number of carbonyl (C=O) groups excluding carboxylic acids is 2. The molecule has 4 atom stereocenters. The SMILES string of the molecule is COC(=O)CC1=C(/C=C/[C@@H](Oc2ccc(CO[Si](c3ccccc3)(c3ccccc3)C(C)(C)C)cc2)[C@@H]2CC[C@@H](C)C[C@H]2CO)OC(C)(C)OC1=O. The molecule has 0 unspecified atom stereocenters. The molecule has 5 rings (SSSR count). The molecular formula is C43H54O8Si. The Morgan fingerprint density at radius 3 is 2.13 bits per heavy atom. The van der Waals surface area contributed by atoms with Gasteiger partial charge in [-0.3, -0.25) is 4.79 Å². The monoisotopic (exact) mass is 726 g/mol. The molecule has 1 saturated carbocycles. The quantitative estimate of drug-likeness (QED) is 0.146. The van der Waals surface area contributed by atoms with Crippen molar-refractivity contribution in [3.8, 4) is 5.75 Å². The van der Waals surface area contributed by atoms with Crippen molar-refractivity contribution in [2.45, 2.75) is 90.8 Å². The van der Waals surface area contributed by atoms with Crippen LogP contribution in [0.5, 0.6) is 5.75 Å². The molecule has 278 valence electrons. The van der Waals surface area contributed by atoms with Crippen molar-refractivity contribution in [2.24, 2.45) is 17.8 Å². The van der Waals surface area contributed by atoms with Crippen LogP contribution in [0.15, 0.2) is 108 Å². The number of hydrogen-bond donors (Lipinski definition) is 1. The summed E-state index contributed by atoms with van der Waals surface area (Å²) in [5, 5.41) is 12.7. The fourth-order valence-electron chi connectivity index (χ4n) is 7.63. The number of benzene rings is 3. The van der Waals surface area contributed by atoms with Gasteiger partial charge in [0.15, 0.2) is 0 Å². The van der Waals surface area contributed by atoms with Crippen molar-refractivity contribution < 1.29 is 38.1 Å². The minimum absolute atomic E-state index is 0.0174. The number of esters is 2. The van der Waals surface area contributed by atoms with Gasteiger partial charge in [0.1, 0.15) is 17.6 Å². The van der Waals surface area contributed by atoms with E-state index in [1.54, 1.807) is 19.9 Å². The van der Waals surface area contributed by atoms with Gasteiger partial charge in [-0.1, -0.05) is 107 Å². The first-order valence-electron chi connectivity index (χ1n) is 18.3. The Morgan fingerprint density at radius 1 is 0.962 bits per heavy atom. The molecule has 1 N–H and O–H groups in total. The highest BCUT2D eigenvalue weighted by Crippen LogP contribution is 2.39. The summed E-state index contributed by atoms with van der Waals surface area (Å²) in [6, 6.07) is 29.2. The number of aliphatic hydroxyl groups excluding tert-OH is 1. The van der Waals surface area contributed by atoms with E-state index >= 15 is 0 Å². The third kappa shape index (κ3) is 9.05. The normalized spacial score (nSPS) is 21.3. The molecule has 52 heavy (non-hydrogen) atoms. The maximum absolute atomic E-state index is 12.9. The van der Waals surface area contributed by atoms with Gasteiger partial charge in [0.2, 0.25) is 5.79 Å². The van der Waals surface area contributed by atoms with Crippen LogP contribution in [0, 0.1) is 17.8 Å². The van der Waals surface area contributed by atoms with Crippen LogP contribution in [0.25, 0.3) is 0 Å². The summed E-state index contributed by atoms with van der Waals surface area (Å²) in [4.78, 5) is 25.1. The van der Waals surface area contributed by atoms with Crippen LogP contribution in [0.3, 0.4) is 0 Å². The van der Waals surface area contributed by atoms with Crippen LogP contribution in [-0.2, 0) is 34.8 Å². The molecule has 3 aromatic rings. The molecule has 3 aromatic carbocycles. The number of allylic oxidation sites excluding steroid dienone is 1. The first kappa shape index (κ1) is 39.0. The molecule has 0 aromatic heterocycles. The fraction of sp³-hybridized carbons (Fsp3) is 0.442. The Bertz CT molecular complexity index is 1670. The standard InChI is InChI=1S/C43H54O8Si/c1-30-18-23-36(32(26-30)28-44)38(24-25-39-37(27-40(45)47-7)41(46)51-43(5,6)50-39)49-33-21-19-31(20-22-33)29-48-52(42(2,3)4,34-14-10-8-11-15-34)35-16-12-9-13-17-35/h8-17,19-22,24-25,30,32,36,38,44H,18,23,26-29H2,1-7H3/b25-24+/t30-,32+,36-,38-/m1/s1. The van der Waals surface area contributed by atoms with Crippen molar-refractivity contribution in [1.29, 1.82) is 0 Å². The van der Waals surface area contributed by atoms with Gasteiger partial charge in [-0.15, -0.1) is 0 Å². The molecule has 0 amide bonds. The molecule has 1 aliphatic heterocycles. The van der Waals surface area contributed by atoms with Crippen LogP contribution in [0.2, 0.25) is 5.04 Å². The number of cyclic esters (lactones) is 1. The fourth-order valence-corrected chi connectivity index (χ4v) is 12.2. The van der Waals surface area contributed by atoms with E-state index in [2.05, 4.69) is 76.2 Å². The number of methoxy groups -OCH3 is 1. The molecule has 0 bridgehead atoms. The predicted molar refractivity (Wildman–Crippen MR) is 204 cm³/mol. The lowest BCUT2D eigenvalue weighted by atomic mass is 9.72. The number of ether oxygens (including phenoxy) is 4. The zero-order chi connectivity index (χ0) is 37.5. The molecule has 1 aliphatic carbocycles. The van der Waals surface area contributed by atoms with Crippen molar-refractivity contribution in [3.63, 3.8) is 0 Å². The zero-order valence-corrected chi connectivity index (χ0v) is 32.6. The summed E-state index contributed by atoms with van der Waals surface area (Å²) >= 11 is 0. The van der Waals surface area contributed by atoms with E-state index in [1.165, 1.54) is 17.5 Å². The van der Waals surface area contributed by atoms with Crippen molar-refractivity contribution in [2.75, 3.05) is 13.7 Å². The number of hydrogen-bond acceptors (Lipinski definition) is 8. The summed E-state index contributed by atoms with van der Waals surface area (Å²) in [7, 11) is -1.44. The first-order chi connectivity index (χ1) is 24.8. The molecule has 1 fully saturated rings. The molecule has 2 aliphatic rings. The van der Waals surface area contributed by atoms with Gasteiger partial charge in [0.25, 0.3) is 8.32 Å². The lowest BCUT2D eigenvalue weighted by Crippen LogP contribution is -2.66. The minimum atomic E-state index is -2.72. The summed E-state index contributed by atoms with van der Waals surface area (Å²) in [6.07, 6.45) is 5.62. The van der Waals surface area contributed by atoms with E-state index < -0.39 is 32.1 Å². The van der Waals surface area contributed by atoms with E-state index in [1.807, 2.05) is 42.5 Å². The van der Waals surface area contributed by atoms with Gasteiger partial charge in [-0.25, -0.2) is 4.79 Å². The highest BCUT2D eigenvalue weighted by Gasteiger charge is 2.50. The smallest absolute Gasteiger partial charge is 0.341 e. The van der Waals surface area contributed by atoms with E-state index in [4.69, 9.17) is 23.4 Å². The maximum atomic E-state index is 12.9. The summed E-state index contributed by atoms with van der Waals surface area (Å²) in [5.41, 5.74) is 1.11. The number of aliphatic hydroxyl groups is 1. The number of rotatable bonds is 13. The molecule has 0 saturated heterocycles. The van der Waals surface area contributed by atoms with Gasteiger partial charge < -0.3 is 28.5 Å². The summed E-state index contributed by atoms with van der Waals surface area (Å²) < 4.78 is 30.1. The maximum Gasteiger partial charge on any atom is 0.341 e. The molecule has 9 heteroatoms. The zero-order valence-electron chi connectivity index (χ0n) is 31.6. The van der Waals surface area contributed by atoms with Crippen LogP contribution in [-0.4, -0.2) is 51.0 Å². The molecule has 8 nitrogen and oxygen atoms in total. The highest BCUT2D eigenvalue weighted by atomic mass is 28.4. The van der Waals surface area contributed by atoms with Gasteiger partial charge in [0.05, 0.1) is 25.7 Å². The third-order valence-corrected chi connectivity index (χ3v) is 15.2. The Morgan fingerprint density at radius 2 is 1.58 bits per heavy atom. The van der Waals surface area contributed by atoms with Crippen LogP contribution < -0.4 is 15.1 Å². The second kappa shape index (κ2) is 16.7. The second-order valence-corrected chi connectivity index (χ2v) is 19.9. The Labute approximate surface area is 309 Å². The van der Waals surface area contributed by atoms with Gasteiger partial charge in [-0.05, 0) is 69.9 Å². The highest BCUT2D eigenvalue weighted by molar-refractivity contribution is 6.99.